The molecule has 1 N–H and O–H groups in total. The molecule has 1 heterocycles. The number of hydrogen-bond donors (Lipinski definition) is 1. The summed E-state index contributed by atoms with van der Waals surface area (Å²) < 4.78 is 0. The first-order valence-corrected chi connectivity index (χ1v) is 8.76. The van der Waals surface area contributed by atoms with Crippen molar-refractivity contribution in [2.24, 2.45) is 0 Å². The van der Waals surface area contributed by atoms with Crippen LogP contribution in [0, 0.1) is 0 Å². The highest BCUT2D eigenvalue weighted by Gasteiger charge is 2.18. The molecule has 0 saturated carbocycles. The molecule has 1 fully saturated rings. The van der Waals surface area contributed by atoms with Crippen molar-refractivity contribution in [2.45, 2.75) is 31.8 Å². The molecule has 1 aliphatic heterocycles. The number of hydrogen-bond acceptors (Lipinski definition) is 3. The minimum Gasteiger partial charge on any atom is -0.314 e. The van der Waals surface area contributed by atoms with Gasteiger partial charge in [0.25, 0.3) is 0 Å². The number of benzene rings is 1. The first kappa shape index (κ1) is 14.9. The number of piperidine rings is 1. The molecule has 2 rings (SSSR count). The molecular weight excluding hydrogens is 252 g/mol. The summed E-state index contributed by atoms with van der Waals surface area (Å²) >= 11 is 1.94. The zero-order valence-corrected chi connectivity index (χ0v) is 12.8. The van der Waals surface area contributed by atoms with E-state index in [0.29, 0.717) is 0 Å². The lowest BCUT2D eigenvalue weighted by atomic mass is 10.0. The molecule has 0 radical (unpaired) electrons. The molecule has 2 nitrogen and oxygen atoms in total. The fourth-order valence-corrected chi connectivity index (χ4v) is 3.09. The quantitative estimate of drug-likeness (QED) is 0.772. The van der Waals surface area contributed by atoms with Gasteiger partial charge in [-0.3, -0.25) is 4.90 Å². The second kappa shape index (κ2) is 8.62. The van der Waals surface area contributed by atoms with Gasteiger partial charge < -0.3 is 5.32 Å². The Morgan fingerprint density at radius 1 is 1.21 bits per heavy atom. The average Bonchev–Trinajstić information content (AvgIpc) is 2.46. The number of likely N-dealkylation sites (tertiary alicyclic amines) is 1. The van der Waals surface area contributed by atoms with E-state index < -0.39 is 0 Å². The van der Waals surface area contributed by atoms with Gasteiger partial charge in [0.1, 0.15) is 0 Å². The Kier molecular flexibility index (Phi) is 6.75. The van der Waals surface area contributed by atoms with Crippen molar-refractivity contribution in [1.29, 1.82) is 0 Å². The minimum atomic E-state index is 0.744. The van der Waals surface area contributed by atoms with Crippen molar-refractivity contribution in [3.05, 3.63) is 35.9 Å². The van der Waals surface area contributed by atoms with Gasteiger partial charge >= 0.3 is 0 Å². The predicted molar refractivity (Wildman–Crippen MR) is 85.7 cm³/mol. The average molecular weight is 278 g/mol. The molecule has 0 spiro atoms. The second-order valence-electron chi connectivity index (χ2n) is 5.34. The Labute approximate surface area is 122 Å². The van der Waals surface area contributed by atoms with Crippen LogP contribution < -0.4 is 5.32 Å². The monoisotopic (exact) mass is 278 g/mol. The number of nitrogens with zero attached hydrogens (tertiary/aromatic N) is 1. The van der Waals surface area contributed by atoms with E-state index >= 15 is 0 Å². The molecule has 1 aromatic carbocycles. The zero-order valence-electron chi connectivity index (χ0n) is 12.0. The normalized spacial score (nSPS) is 17.7. The van der Waals surface area contributed by atoms with E-state index in [1.807, 2.05) is 11.8 Å². The third-order valence-corrected chi connectivity index (χ3v) is 4.49. The van der Waals surface area contributed by atoms with Crippen LogP contribution in [-0.4, -0.2) is 42.6 Å². The van der Waals surface area contributed by atoms with Gasteiger partial charge in [-0.15, -0.1) is 0 Å². The van der Waals surface area contributed by atoms with Gasteiger partial charge in [-0.2, -0.15) is 11.8 Å². The Balaban J connectivity index is 1.62. The second-order valence-corrected chi connectivity index (χ2v) is 6.32. The van der Waals surface area contributed by atoms with Crippen molar-refractivity contribution in [3.8, 4) is 0 Å². The first-order chi connectivity index (χ1) is 9.38. The third-order valence-electron chi connectivity index (χ3n) is 3.79. The highest BCUT2D eigenvalue weighted by molar-refractivity contribution is 7.98. The molecule has 0 bridgehead atoms. The maximum absolute atomic E-state index is 3.70. The lowest BCUT2D eigenvalue weighted by Crippen LogP contribution is -2.42. The molecule has 0 unspecified atom stereocenters. The van der Waals surface area contributed by atoms with Gasteiger partial charge in [-0.25, -0.2) is 0 Å². The van der Waals surface area contributed by atoms with Crippen LogP contribution in [0.2, 0.25) is 0 Å². The lowest BCUT2D eigenvalue weighted by Gasteiger charge is -2.32. The zero-order chi connectivity index (χ0) is 13.3. The van der Waals surface area contributed by atoms with Crippen LogP contribution in [0.4, 0.5) is 0 Å². The van der Waals surface area contributed by atoms with Crippen molar-refractivity contribution < 1.29 is 0 Å². The van der Waals surface area contributed by atoms with E-state index in [2.05, 4.69) is 46.8 Å². The molecule has 0 amide bonds. The molecule has 1 saturated heterocycles. The van der Waals surface area contributed by atoms with Gasteiger partial charge in [-0.1, -0.05) is 30.3 Å². The standard InChI is InChI=1S/C16H26N2S/c1-19-13-5-10-17-16-8-11-18(12-9-16)14-15-6-3-2-4-7-15/h2-4,6-7,16-17H,5,8-14H2,1H3. The summed E-state index contributed by atoms with van der Waals surface area (Å²) in [7, 11) is 0. The first-order valence-electron chi connectivity index (χ1n) is 7.37. The van der Waals surface area contributed by atoms with Crippen LogP contribution in [0.3, 0.4) is 0 Å². The van der Waals surface area contributed by atoms with Crippen LogP contribution >= 0.6 is 11.8 Å². The summed E-state index contributed by atoms with van der Waals surface area (Å²) in [6, 6.07) is 11.6. The molecule has 3 heteroatoms. The predicted octanol–water partition coefficient (Wildman–Crippen LogP) is 2.99. The van der Waals surface area contributed by atoms with Crippen molar-refractivity contribution in [3.63, 3.8) is 0 Å². The molecule has 19 heavy (non-hydrogen) atoms. The van der Waals surface area contributed by atoms with Crippen LogP contribution in [-0.2, 0) is 6.54 Å². The van der Waals surface area contributed by atoms with Crippen LogP contribution in [0.15, 0.2) is 30.3 Å². The molecular formula is C16H26N2S. The van der Waals surface area contributed by atoms with Crippen LogP contribution in [0.5, 0.6) is 0 Å². The summed E-state index contributed by atoms with van der Waals surface area (Å²) in [5, 5.41) is 3.70. The van der Waals surface area contributed by atoms with Crippen molar-refractivity contribution >= 4 is 11.8 Å². The van der Waals surface area contributed by atoms with E-state index in [1.165, 1.54) is 50.2 Å². The number of rotatable bonds is 7. The molecule has 0 atom stereocenters. The molecule has 106 valence electrons. The summed E-state index contributed by atoms with van der Waals surface area (Å²) in [4.78, 5) is 2.58. The Bertz CT molecular complexity index is 334. The number of thioether (sulfide) groups is 1. The van der Waals surface area contributed by atoms with E-state index in [1.54, 1.807) is 0 Å². The maximum atomic E-state index is 3.70. The van der Waals surface area contributed by atoms with E-state index in [-0.39, 0.29) is 0 Å². The van der Waals surface area contributed by atoms with Gasteiger partial charge in [-0.05, 0) is 56.5 Å². The Morgan fingerprint density at radius 2 is 1.95 bits per heavy atom. The smallest absolute Gasteiger partial charge is 0.0233 e. The highest BCUT2D eigenvalue weighted by atomic mass is 32.2. The van der Waals surface area contributed by atoms with Crippen LogP contribution in [0.1, 0.15) is 24.8 Å². The van der Waals surface area contributed by atoms with Gasteiger partial charge in [0.2, 0.25) is 0 Å². The Morgan fingerprint density at radius 3 is 2.63 bits per heavy atom. The van der Waals surface area contributed by atoms with Gasteiger partial charge in [0.05, 0.1) is 0 Å². The summed E-state index contributed by atoms with van der Waals surface area (Å²) in [6.07, 6.45) is 6.08. The SMILES string of the molecule is CSCCCNC1CCN(Cc2ccccc2)CC1. The van der Waals surface area contributed by atoms with Gasteiger partial charge in [0, 0.05) is 12.6 Å². The van der Waals surface area contributed by atoms with Crippen molar-refractivity contribution in [2.75, 3.05) is 31.6 Å². The van der Waals surface area contributed by atoms with E-state index in [9.17, 15) is 0 Å². The topological polar surface area (TPSA) is 15.3 Å². The summed E-state index contributed by atoms with van der Waals surface area (Å²) in [6.45, 7) is 4.76. The molecule has 0 aliphatic carbocycles. The molecule has 1 aliphatic rings. The van der Waals surface area contributed by atoms with Gasteiger partial charge in [0.15, 0.2) is 0 Å². The van der Waals surface area contributed by atoms with E-state index in [4.69, 9.17) is 0 Å². The largest absolute Gasteiger partial charge is 0.314 e. The lowest BCUT2D eigenvalue weighted by molar-refractivity contribution is 0.191. The highest BCUT2D eigenvalue weighted by Crippen LogP contribution is 2.13. The molecule has 0 aromatic heterocycles. The van der Waals surface area contributed by atoms with Crippen LogP contribution in [0.25, 0.3) is 0 Å². The maximum Gasteiger partial charge on any atom is 0.0233 e. The van der Waals surface area contributed by atoms with E-state index in [0.717, 1.165) is 12.6 Å². The van der Waals surface area contributed by atoms with Crippen molar-refractivity contribution in [1.82, 2.24) is 10.2 Å². The third kappa shape index (κ3) is 5.55. The molecule has 1 aromatic rings. The fourth-order valence-electron chi connectivity index (χ4n) is 2.66. The Hall–Kier alpha value is -0.510. The minimum absolute atomic E-state index is 0.744. The summed E-state index contributed by atoms with van der Waals surface area (Å²) in [5.74, 6) is 1.28. The number of nitrogens with one attached hydrogen (secondary N) is 1. The fraction of sp³-hybridized carbons (Fsp3) is 0.625. The summed E-state index contributed by atoms with van der Waals surface area (Å²) in [5.41, 5.74) is 1.44.